The smallest absolute Gasteiger partial charge is 0.257 e. The van der Waals surface area contributed by atoms with Crippen LogP contribution < -0.4 is 11.1 Å². The van der Waals surface area contributed by atoms with E-state index in [4.69, 9.17) is 17.3 Å². The van der Waals surface area contributed by atoms with Crippen molar-refractivity contribution in [2.24, 2.45) is 0 Å². The third-order valence-corrected chi connectivity index (χ3v) is 4.18. The molecule has 0 aliphatic heterocycles. The van der Waals surface area contributed by atoms with Crippen LogP contribution in [0.5, 0.6) is 0 Å². The van der Waals surface area contributed by atoms with Crippen molar-refractivity contribution in [1.29, 1.82) is 0 Å². The first-order chi connectivity index (χ1) is 9.79. The number of hydrogen-bond acceptors (Lipinski definition) is 4. The van der Waals surface area contributed by atoms with Gasteiger partial charge >= 0.3 is 0 Å². The zero-order chi connectivity index (χ0) is 15.6. The van der Waals surface area contributed by atoms with Crippen molar-refractivity contribution in [3.8, 4) is 0 Å². The second-order valence-corrected chi connectivity index (χ2v) is 6.87. The first-order valence-corrected chi connectivity index (χ1v) is 8.21. The molecular weight excluding hydrogens is 312 g/mol. The van der Waals surface area contributed by atoms with Gasteiger partial charge in [0.1, 0.15) is 0 Å². The van der Waals surface area contributed by atoms with E-state index >= 15 is 0 Å². The minimum Gasteiger partial charge on any atom is -0.398 e. The van der Waals surface area contributed by atoms with Crippen LogP contribution in [0.3, 0.4) is 0 Å². The Hall–Kier alpha value is -2.05. The zero-order valence-corrected chi connectivity index (χ0v) is 12.7. The standard InChI is InChI=1S/C14H13ClN2O3S/c1-21(19,20)13-5-3-2-4-12(13)17-14(18)10-7-6-9(15)8-11(10)16/h2-8H,16H2,1H3,(H,17,18). The fraction of sp³-hybridized carbons (Fsp3) is 0.0714. The van der Waals surface area contributed by atoms with Gasteiger partial charge in [0.05, 0.1) is 16.1 Å². The summed E-state index contributed by atoms with van der Waals surface area (Å²) in [7, 11) is -3.45. The van der Waals surface area contributed by atoms with Crippen LogP contribution in [-0.4, -0.2) is 20.6 Å². The lowest BCUT2D eigenvalue weighted by Gasteiger charge is -2.11. The van der Waals surface area contributed by atoms with Crippen LogP contribution in [0.25, 0.3) is 0 Å². The highest BCUT2D eigenvalue weighted by atomic mass is 35.5. The van der Waals surface area contributed by atoms with Crippen molar-refractivity contribution in [3.05, 3.63) is 53.1 Å². The average molecular weight is 325 g/mol. The van der Waals surface area contributed by atoms with Crippen molar-refractivity contribution in [2.45, 2.75) is 4.90 Å². The summed E-state index contributed by atoms with van der Waals surface area (Å²) in [5.41, 5.74) is 6.39. The third kappa shape index (κ3) is 3.53. The summed E-state index contributed by atoms with van der Waals surface area (Å²) in [6.07, 6.45) is 1.08. The number of para-hydroxylation sites is 1. The quantitative estimate of drug-likeness (QED) is 0.849. The molecule has 0 radical (unpaired) electrons. The molecule has 5 nitrogen and oxygen atoms in total. The van der Waals surface area contributed by atoms with E-state index in [2.05, 4.69) is 5.32 Å². The number of nitrogens with two attached hydrogens (primary N) is 1. The lowest BCUT2D eigenvalue weighted by Crippen LogP contribution is -2.16. The largest absolute Gasteiger partial charge is 0.398 e. The van der Waals surface area contributed by atoms with Gasteiger partial charge < -0.3 is 11.1 Å². The molecule has 0 spiro atoms. The highest BCUT2D eigenvalue weighted by molar-refractivity contribution is 7.90. The molecule has 0 unspecified atom stereocenters. The van der Waals surface area contributed by atoms with Gasteiger partial charge in [0.2, 0.25) is 0 Å². The second kappa shape index (κ2) is 5.75. The first-order valence-electron chi connectivity index (χ1n) is 5.94. The number of rotatable bonds is 3. The van der Waals surface area contributed by atoms with E-state index < -0.39 is 15.7 Å². The molecule has 0 saturated heterocycles. The number of amides is 1. The third-order valence-electron chi connectivity index (χ3n) is 2.79. The molecular formula is C14H13ClN2O3S. The van der Waals surface area contributed by atoms with Crippen molar-refractivity contribution >= 4 is 38.7 Å². The number of carbonyl (C=O) groups excluding carboxylic acids is 1. The monoisotopic (exact) mass is 324 g/mol. The Morgan fingerprint density at radius 2 is 1.86 bits per heavy atom. The number of carbonyl (C=O) groups is 1. The molecule has 1 amide bonds. The van der Waals surface area contributed by atoms with E-state index in [0.29, 0.717) is 5.02 Å². The molecule has 110 valence electrons. The Balaban J connectivity index is 2.37. The van der Waals surface area contributed by atoms with Crippen LogP contribution in [0.4, 0.5) is 11.4 Å². The summed E-state index contributed by atoms with van der Waals surface area (Å²) in [6.45, 7) is 0. The summed E-state index contributed by atoms with van der Waals surface area (Å²) in [6, 6.07) is 10.6. The van der Waals surface area contributed by atoms with Gasteiger partial charge in [-0.2, -0.15) is 0 Å². The lowest BCUT2D eigenvalue weighted by atomic mass is 10.1. The molecule has 0 aliphatic rings. The number of hydrogen-bond donors (Lipinski definition) is 2. The van der Waals surface area contributed by atoms with Gasteiger partial charge in [0.15, 0.2) is 9.84 Å². The number of anilines is 2. The molecule has 0 bridgehead atoms. The highest BCUT2D eigenvalue weighted by Gasteiger charge is 2.16. The number of sulfone groups is 1. The normalized spacial score (nSPS) is 11.1. The topological polar surface area (TPSA) is 89.3 Å². The van der Waals surface area contributed by atoms with E-state index in [-0.39, 0.29) is 21.8 Å². The van der Waals surface area contributed by atoms with Gasteiger partial charge in [0, 0.05) is 17.0 Å². The maximum atomic E-state index is 12.2. The molecule has 3 N–H and O–H groups in total. The molecule has 0 saturated carbocycles. The Morgan fingerprint density at radius 3 is 2.48 bits per heavy atom. The summed E-state index contributed by atoms with van der Waals surface area (Å²) in [4.78, 5) is 12.2. The van der Waals surface area contributed by atoms with Crippen LogP contribution in [0.1, 0.15) is 10.4 Å². The van der Waals surface area contributed by atoms with Gasteiger partial charge in [-0.05, 0) is 30.3 Å². The Labute approximate surface area is 127 Å². The minimum atomic E-state index is -3.45. The maximum Gasteiger partial charge on any atom is 0.257 e. The fourth-order valence-electron chi connectivity index (χ4n) is 1.82. The molecule has 0 fully saturated rings. The molecule has 2 aromatic rings. The van der Waals surface area contributed by atoms with Gasteiger partial charge in [-0.25, -0.2) is 8.42 Å². The fourth-order valence-corrected chi connectivity index (χ4v) is 2.85. The van der Waals surface area contributed by atoms with Crippen LogP contribution in [-0.2, 0) is 9.84 Å². The molecule has 0 aromatic heterocycles. The second-order valence-electron chi connectivity index (χ2n) is 4.45. The van der Waals surface area contributed by atoms with E-state index in [1.54, 1.807) is 12.1 Å². The molecule has 0 atom stereocenters. The zero-order valence-electron chi connectivity index (χ0n) is 11.1. The van der Waals surface area contributed by atoms with Crippen molar-refractivity contribution in [1.82, 2.24) is 0 Å². The molecule has 0 aliphatic carbocycles. The lowest BCUT2D eigenvalue weighted by molar-refractivity contribution is 0.102. The maximum absolute atomic E-state index is 12.2. The summed E-state index contributed by atoms with van der Waals surface area (Å²) >= 11 is 5.78. The van der Waals surface area contributed by atoms with Crippen LogP contribution in [0, 0.1) is 0 Å². The first kappa shape index (κ1) is 15.3. The van der Waals surface area contributed by atoms with Crippen LogP contribution >= 0.6 is 11.6 Å². The Morgan fingerprint density at radius 1 is 1.19 bits per heavy atom. The molecule has 0 heterocycles. The van der Waals surface area contributed by atoms with Crippen LogP contribution in [0.2, 0.25) is 5.02 Å². The molecule has 7 heteroatoms. The number of halogens is 1. The molecule has 2 rings (SSSR count). The predicted molar refractivity (Wildman–Crippen MR) is 83.4 cm³/mol. The van der Waals surface area contributed by atoms with Crippen molar-refractivity contribution in [3.63, 3.8) is 0 Å². The predicted octanol–water partition coefficient (Wildman–Crippen LogP) is 2.58. The number of nitrogen functional groups attached to an aromatic ring is 1. The highest BCUT2D eigenvalue weighted by Crippen LogP contribution is 2.23. The molecule has 2 aromatic carbocycles. The molecule has 21 heavy (non-hydrogen) atoms. The number of nitrogens with one attached hydrogen (secondary N) is 1. The average Bonchev–Trinajstić information content (AvgIpc) is 2.37. The Kier molecular flexibility index (Phi) is 4.20. The SMILES string of the molecule is CS(=O)(=O)c1ccccc1NC(=O)c1ccc(Cl)cc1N. The van der Waals surface area contributed by atoms with E-state index in [0.717, 1.165) is 6.26 Å². The van der Waals surface area contributed by atoms with Gasteiger partial charge in [-0.15, -0.1) is 0 Å². The van der Waals surface area contributed by atoms with E-state index in [1.807, 2.05) is 0 Å². The van der Waals surface area contributed by atoms with E-state index in [1.165, 1.54) is 30.3 Å². The van der Waals surface area contributed by atoms with E-state index in [9.17, 15) is 13.2 Å². The minimum absolute atomic E-state index is 0.0471. The van der Waals surface area contributed by atoms with Gasteiger partial charge in [-0.3, -0.25) is 4.79 Å². The summed E-state index contributed by atoms with van der Waals surface area (Å²) < 4.78 is 23.4. The van der Waals surface area contributed by atoms with Crippen LogP contribution in [0.15, 0.2) is 47.4 Å². The Bertz CT molecular complexity index is 804. The van der Waals surface area contributed by atoms with Gasteiger partial charge in [0.25, 0.3) is 5.91 Å². The van der Waals surface area contributed by atoms with Crippen molar-refractivity contribution in [2.75, 3.05) is 17.3 Å². The van der Waals surface area contributed by atoms with Crippen molar-refractivity contribution < 1.29 is 13.2 Å². The summed E-state index contributed by atoms with van der Waals surface area (Å²) in [5.74, 6) is -0.500. The van der Waals surface area contributed by atoms with Gasteiger partial charge in [-0.1, -0.05) is 23.7 Å². The summed E-state index contributed by atoms with van der Waals surface area (Å²) in [5, 5.41) is 2.97. The number of benzene rings is 2.